The smallest absolute Gasteiger partial charge is 0.173 e. The van der Waals surface area contributed by atoms with E-state index in [0.717, 1.165) is 6.42 Å². The molecule has 1 aromatic carbocycles. The summed E-state index contributed by atoms with van der Waals surface area (Å²) < 4.78 is 10.6. The molecule has 0 amide bonds. The lowest BCUT2D eigenvalue weighted by Crippen LogP contribution is -2.15. The van der Waals surface area contributed by atoms with E-state index in [4.69, 9.17) is 20.4 Å². The Bertz CT molecular complexity index is 377. The number of hydrogen-bond acceptors (Lipinski definition) is 4. The number of ether oxygens (including phenoxy) is 2. The molecule has 0 saturated heterocycles. The second kappa shape index (κ2) is 5.85. The van der Waals surface area contributed by atoms with Crippen molar-refractivity contribution in [3.05, 3.63) is 23.8 Å². The third kappa shape index (κ3) is 2.79. The standard InChI is InChI=1S/C11H16N2O3/c1-3-6-16-10-7-8(15-2)4-5-9(10)11(12)13-14/h4-5,7,14H,3,6H2,1-2H3,(H2,12,13). The number of hydrogen-bond donors (Lipinski definition) is 2. The fraction of sp³-hybridized carbons (Fsp3) is 0.364. The maximum absolute atomic E-state index is 8.64. The Balaban J connectivity index is 3.06. The van der Waals surface area contributed by atoms with Gasteiger partial charge in [-0.25, -0.2) is 0 Å². The highest BCUT2D eigenvalue weighted by atomic mass is 16.5. The molecular formula is C11H16N2O3. The SMILES string of the molecule is CCCOc1cc(OC)ccc1/C(N)=N/O. The summed E-state index contributed by atoms with van der Waals surface area (Å²) in [5, 5.41) is 11.6. The van der Waals surface area contributed by atoms with E-state index in [1.807, 2.05) is 6.92 Å². The summed E-state index contributed by atoms with van der Waals surface area (Å²) in [7, 11) is 1.57. The van der Waals surface area contributed by atoms with Crippen molar-refractivity contribution in [2.45, 2.75) is 13.3 Å². The third-order valence-electron chi connectivity index (χ3n) is 2.03. The fourth-order valence-electron chi connectivity index (χ4n) is 1.23. The molecular weight excluding hydrogens is 208 g/mol. The molecule has 0 unspecified atom stereocenters. The second-order valence-electron chi connectivity index (χ2n) is 3.20. The Morgan fingerprint density at radius 3 is 2.81 bits per heavy atom. The Hall–Kier alpha value is -1.91. The first kappa shape index (κ1) is 12.2. The van der Waals surface area contributed by atoms with Crippen molar-refractivity contribution in [3.63, 3.8) is 0 Å². The molecule has 1 rings (SSSR count). The molecule has 0 saturated carbocycles. The number of oxime groups is 1. The van der Waals surface area contributed by atoms with Crippen LogP contribution in [0, 0.1) is 0 Å². The maximum atomic E-state index is 8.64. The van der Waals surface area contributed by atoms with E-state index in [0.29, 0.717) is 23.7 Å². The zero-order valence-electron chi connectivity index (χ0n) is 9.43. The van der Waals surface area contributed by atoms with Gasteiger partial charge in [-0.15, -0.1) is 0 Å². The van der Waals surface area contributed by atoms with Crippen molar-refractivity contribution in [2.75, 3.05) is 13.7 Å². The average Bonchev–Trinajstić information content (AvgIpc) is 2.34. The first-order valence-corrected chi connectivity index (χ1v) is 5.01. The van der Waals surface area contributed by atoms with Gasteiger partial charge < -0.3 is 20.4 Å². The van der Waals surface area contributed by atoms with E-state index in [1.165, 1.54) is 0 Å². The van der Waals surface area contributed by atoms with Gasteiger partial charge in [-0.3, -0.25) is 0 Å². The van der Waals surface area contributed by atoms with Crippen LogP contribution in [0.3, 0.4) is 0 Å². The van der Waals surface area contributed by atoms with Gasteiger partial charge in [-0.2, -0.15) is 0 Å². The molecule has 5 heteroatoms. The van der Waals surface area contributed by atoms with Crippen LogP contribution in [0.15, 0.2) is 23.4 Å². The van der Waals surface area contributed by atoms with Crippen molar-refractivity contribution in [1.29, 1.82) is 0 Å². The van der Waals surface area contributed by atoms with Gasteiger partial charge >= 0.3 is 0 Å². The normalized spacial score (nSPS) is 11.2. The molecule has 0 atom stereocenters. The van der Waals surface area contributed by atoms with Crippen LogP contribution in [0.5, 0.6) is 11.5 Å². The summed E-state index contributed by atoms with van der Waals surface area (Å²) in [5.41, 5.74) is 6.09. The summed E-state index contributed by atoms with van der Waals surface area (Å²) in [6, 6.07) is 5.13. The van der Waals surface area contributed by atoms with E-state index in [-0.39, 0.29) is 5.84 Å². The van der Waals surface area contributed by atoms with Gasteiger partial charge in [0.25, 0.3) is 0 Å². The lowest BCUT2D eigenvalue weighted by molar-refractivity contribution is 0.309. The molecule has 0 fully saturated rings. The minimum absolute atomic E-state index is 0.0220. The van der Waals surface area contributed by atoms with E-state index >= 15 is 0 Å². The molecule has 0 aromatic heterocycles. The van der Waals surface area contributed by atoms with E-state index in [1.54, 1.807) is 25.3 Å². The van der Waals surface area contributed by atoms with Gasteiger partial charge in [0.15, 0.2) is 5.84 Å². The summed E-state index contributed by atoms with van der Waals surface area (Å²) >= 11 is 0. The van der Waals surface area contributed by atoms with Gasteiger partial charge in [-0.05, 0) is 18.6 Å². The van der Waals surface area contributed by atoms with Crippen molar-refractivity contribution >= 4 is 5.84 Å². The quantitative estimate of drug-likeness (QED) is 0.344. The lowest BCUT2D eigenvalue weighted by atomic mass is 10.1. The Morgan fingerprint density at radius 1 is 1.50 bits per heavy atom. The van der Waals surface area contributed by atoms with Crippen molar-refractivity contribution < 1.29 is 14.7 Å². The van der Waals surface area contributed by atoms with Crippen LogP contribution in [-0.2, 0) is 0 Å². The number of methoxy groups -OCH3 is 1. The van der Waals surface area contributed by atoms with Crippen LogP contribution in [0.1, 0.15) is 18.9 Å². The molecule has 0 bridgehead atoms. The number of benzene rings is 1. The van der Waals surface area contributed by atoms with Gasteiger partial charge in [0.1, 0.15) is 11.5 Å². The van der Waals surface area contributed by atoms with Crippen LogP contribution in [0.2, 0.25) is 0 Å². The molecule has 0 heterocycles. The van der Waals surface area contributed by atoms with Crippen LogP contribution in [0.4, 0.5) is 0 Å². The predicted molar refractivity (Wildman–Crippen MR) is 61.3 cm³/mol. The van der Waals surface area contributed by atoms with Crippen LogP contribution in [-0.4, -0.2) is 24.8 Å². The molecule has 16 heavy (non-hydrogen) atoms. The maximum Gasteiger partial charge on any atom is 0.173 e. The molecule has 5 nitrogen and oxygen atoms in total. The minimum atomic E-state index is 0.0220. The highest BCUT2D eigenvalue weighted by molar-refractivity contribution is 5.99. The summed E-state index contributed by atoms with van der Waals surface area (Å²) in [6.07, 6.45) is 0.882. The topological polar surface area (TPSA) is 77.1 Å². The van der Waals surface area contributed by atoms with Crippen LogP contribution in [0.25, 0.3) is 0 Å². The number of amidine groups is 1. The van der Waals surface area contributed by atoms with Crippen LogP contribution >= 0.6 is 0 Å². The Kier molecular flexibility index (Phi) is 4.44. The van der Waals surface area contributed by atoms with Crippen molar-refractivity contribution in [2.24, 2.45) is 10.9 Å². The minimum Gasteiger partial charge on any atom is -0.497 e. The summed E-state index contributed by atoms with van der Waals surface area (Å²) in [6.45, 7) is 2.57. The molecule has 0 aliphatic rings. The van der Waals surface area contributed by atoms with Gasteiger partial charge in [0, 0.05) is 6.07 Å². The van der Waals surface area contributed by atoms with Crippen molar-refractivity contribution in [3.8, 4) is 11.5 Å². The molecule has 0 radical (unpaired) electrons. The van der Waals surface area contributed by atoms with E-state index in [2.05, 4.69) is 5.16 Å². The zero-order valence-corrected chi connectivity index (χ0v) is 9.43. The van der Waals surface area contributed by atoms with E-state index in [9.17, 15) is 0 Å². The van der Waals surface area contributed by atoms with Gasteiger partial charge in [0.05, 0.1) is 19.3 Å². The van der Waals surface area contributed by atoms with Crippen LogP contribution < -0.4 is 15.2 Å². The zero-order chi connectivity index (χ0) is 12.0. The van der Waals surface area contributed by atoms with Crippen molar-refractivity contribution in [1.82, 2.24) is 0 Å². The number of nitrogens with two attached hydrogens (primary N) is 1. The predicted octanol–water partition coefficient (Wildman–Crippen LogP) is 1.58. The number of nitrogens with zero attached hydrogens (tertiary/aromatic N) is 1. The highest BCUT2D eigenvalue weighted by Crippen LogP contribution is 2.24. The monoisotopic (exact) mass is 224 g/mol. The molecule has 0 aliphatic carbocycles. The average molecular weight is 224 g/mol. The Morgan fingerprint density at radius 2 is 2.25 bits per heavy atom. The molecule has 1 aromatic rings. The van der Waals surface area contributed by atoms with Gasteiger partial charge in [0.2, 0.25) is 0 Å². The largest absolute Gasteiger partial charge is 0.497 e. The highest BCUT2D eigenvalue weighted by Gasteiger charge is 2.09. The third-order valence-corrected chi connectivity index (χ3v) is 2.03. The first-order valence-electron chi connectivity index (χ1n) is 5.01. The fourth-order valence-corrected chi connectivity index (χ4v) is 1.23. The molecule has 0 aliphatic heterocycles. The number of rotatable bonds is 5. The summed E-state index contributed by atoms with van der Waals surface area (Å²) in [5.74, 6) is 1.24. The lowest BCUT2D eigenvalue weighted by Gasteiger charge is -2.11. The van der Waals surface area contributed by atoms with E-state index < -0.39 is 0 Å². The van der Waals surface area contributed by atoms with Gasteiger partial charge in [-0.1, -0.05) is 12.1 Å². The molecule has 88 valence electrons. The molecule has 0 spiro atoms. The first-order chi connectivity index (χ1) is 7.72. The Labute approximate surface area is 94.5 Å². The summed E-state index contributed by atoms with van der Waals surface area (Å²) in [4.78, 5) is 0. The molecule has 3 N–H and O–H groups in total. The second-order valence-corrected chi connectivity index (χ2v) is 3.20.